The van der Waals surface area contributed by atoms with Crippen LogP contribution in [0.2, 0.25) is 5.02 Å². The molecular formula is C12H10ClFN2OS. The van der Waals surface area contributed by atoms with Crippen molar-refractivity contribution in [3.05, 3.63) is 39.4 Å². The van der Waals surface area contributed by atoms with Gasteiger partial charge in [0.2, 0.25) is 0 Å². The second-order valence-electron chi connectivity index (χ2n) is 3.86. The van der Waals surface area contributed by atoms with Gasteiger partial charge in [-0.05, 0) is 18.2 Å². The molecule has 0 aliphatic rings. The first-order valence-electron chi connectivity index (χ1n) is 5.11. The van der Waals surface area contributed by atoms with Crippen LogP contribution in [0.1, 0.15) is 9.67 Å². The number of carbonyl (C=O) groups is 1. The fourth-order valence-corrected chi connectivity index (χ4v) is 2.46. The molecule has 0 spiro atoms. The monoisotopic (exact) mass is 284 g/mol. The van der Waals surface area contributed by atoms with Crippen molar-refractivity contribution in [3.8, 4) is 11.3 Å². The van der Waals surface area contributed by atoms with Gasteiger partial charge in [-0.2, -0.15) is 0 Å². The van der Waals surface area contributed by atoms with Crippen LogP contribution in [0.3, 0.4) is 0 Å². The molecule has 94 valence electrons. The number of nitrogens with zero attached hydrogens (tertiary/aromatic N) is 2. The van der Waals surface area contributed by atoms with Gasteiger partial charge >= 0.3 is 0 Å². The SMILES string of the molecule is CN(C)C(=O)c1scnc1-c1ccc(F)c(Cl)c1. The number of aromatic nitrogens is 1. The molecule has 1 aromatic heterocycles. The molecule has 0 unspecified atom stereocenters. The molecule has 1 amide bonds. The van der Waals surface area contributed by atoms with Gasteiger partial charge in [0, 0.05) is 19.7 Å². The molecule has 0 fully saturated rings. The molecule has 1 aromatic carbocycles. The minimum Gasteiger partial charge on any atom is -0.344 e. The van der Waals surface area contributed by atoms with Crippen molar-refractivity contribution < 1.29 is 9.18 Å². The van der Waals surface area contributed by atoms with E-state index < -0.39 is 5.82 Å². The van der Waals surface area contributed by atoms with Gasteiger partial charge < -0.3 is 4.90 Å². The van der Waals surface area contributed by atoms with Gasteiger partial charge in [0.25, 0.3) is 5.91 Å². The highest BCUT2D eigenvalue weighted by atomic mass is 35.5. The van der Waals surface area contributed by atoms with Gasteiger partial charge in [-0.3, -0.25) is 4.79 Å². The summed E-state index contributed by atoms with van der Waals surface area (Å²) < 4.78 is 13.1. The third kappa shape index (κ3) is 2.37. The maximum absolute atomic E-state index is 13.1. The first kappa shape index (κ1) is 13.0. The largest absolute Gasteiger partial charge is 0.344 e. The van der Waals surface area contributed by atoms with Crippen molar-refractivity contribution in [1.82, 2.24) is 9.88 Å². The Kier molecular flexibility index (Phi) is 3.63. The topological polar surface area (TPSA) is 33.2 Å². The Morgan fingerprint density at radius 3 is 2.78 bits per heavy atom. The molecular weight excluding hydrogens is 275 g/mol. The summed E-state index contributed by atoms with van der Waals surface area (Å²) in [6.07, 6.45) is 0. The number of hydrogen-bond donors (Lipinski definition) is 0. The lowest BCUT2D eigenvalue weighted by Crippen LogP contribution is -2.21. The smallest absolute Gasteiger partial charge is 0.265 e. The van der Waals surface area contributed by atoms with Crippen LogP contribution >= 0.6 is 22.9 Å². The van der Waals surface area contributed by atoms with Crippen LogP contribution in [0.4, 0.5) is 4.39 Å². The normalized spacial score (nSPS) is 10.4. The Morgan fingerprint density at radius 1 is 1.44 bits per heavy atom. The van der Waals surface area contributed by atoms with E-state index in [1.165, 1.54) is 28.4 Å². The summed E-state index contributed by atoms with van der Waals surface area (Å²) in [4.78, 5) is 18.1. The molecule has 0 saturated carbocycles. The molecule has 18 heavy (non-hydrogen) atoms. The Hall–Kier alpha value is -1.46. The summed E-state index contributed by atoms with van der Waals surface area (Å²) in [5, 5.41) is 0.0174. The maximum Gasteiger partial charge on any atom is 0.265 e. The fraction of sp³-hybridized carbons (Fsp3) is 0.167. The summed E-state index contributed by atoms with van der Waals surface area (Å²) in [6, 6.07) is 4.29. The molecule has 0 radical (unpaired) electrons. The number of rotatable bonds is 2. The zero-order valence-corrected chi connectivity index (χ0v) is 11.3. The molecule has 0 atom stereocenters. The van der Waals surface area contributed by atoms with Crippen molar-refractivity contribution in [1.29, 1.82) is 0 Å². The molecule has 2 aromatic rings. The first-order valence-corrected chi connectivity index (χ1v) is 6.37. The van der Waals surface area contributed by atoms with Crippen LogP contribution in [0.15, 0.2) is 23.7 Å². The molecule has 0 aliphatic heterocycles. The van der Waals surface area contributed by atoms with E-state index in [0.717, 1.165) is 0 Å². The summed E-state index contributed by atoms with van der Waals surface area (Å²) in [5.41, 5.74) is 2.75. The van der Waals surface area contributed by atoms with Crippen molar-refractivity contribution in [3.63, 3.8) is 0 Å². The van der Waals surface area contributed by atoms with Crippen molar-refractivity contribution >= 4 is 28.8 Å². The van der Waals surface area contributed by atoms with E-state index >= 15 is 0 Å². The number of halogens is 2. The van der Waals surface area contributed by atoms with Gasteiger partial charge in [0.05, 0.1) is 16.2 Å². The number of carbonyl (C=O) groups excluding carboxylic acids is 1. The van der Waals surface area contributed by atoms with Crippen LogP contribution in [0.5, 0.6) is 0 Å². The molecule has 2 rings (SSSR count). The standard InChI is InChI=1S/C12H10ClFN2OS/c1-16(2)12(17)11-10(15-6-18-11)7-3-4-9(14)8(13)5-7/h3-6H,1-2H3. The lowest BCUT2D eigenvalue weighted by molar-refractivity contribution is 0.0832. The Bertz CT molecular complexity index is 598. The summed E-state index contributed by atoms with van der Waals surface area (Å²) in [7, 11) is 3.34. The maximum atomic E-state index is 13.1. The van der Waals surface area contributed by atoms with Crippen molar-refractivity contribution in [2.24, 2.45) is 0 Å². The number of hydrogen-bond acceptors (Lipinski definition) is 3. The van der Waals surface area contributed by atoms with E-state index in [4.69, 9.17) is 11.6 Å². The molecule has 1 heterocycles. The lowest BCUT2D eigenvalue weighted by Gasteiger charge is -2.09. The highest BCUT2D eigenvalue weighted by Gasteiger charge is 2.18. The van der Waals surface area contributed by atoms with E-state index in [1.807, 2.05) is 0 Å². The average molecular weight is 285 g/mol. The molecule has 0 bridgehead atoms. The highest BCUT2D eigenvalue weighted by Crippen LogP contribution is 2.29. The number of benzene rings is 1. The molecule has 0 aliphatic carbocycles. The van der Waals surface area contributed by atoms with Gasteiger partial charge in [-0.15, -0.1) is 11.3 Å². The molecule has 6 heteroatoms. The fourth-order valence-electron chi connectivity index (χ4n) is 1.45. The van der Waals surface area contributed by atoms with E-state index in [9.17, 15) is 9.18 Å². The average Bonchev–Trinajstić information content (AvgIpc) is 2.80. The lowest BCUT2D eigenvalue weighted by atomic mass is 10.1. The van der Waals surface area contributed by atoms with Crippen LogP contribution in [-0.2, 0) is 0 Å². The Labute approximate surface area is 113 Å². The number of amides is 1. The third-order valence-corrected chi connectivity index (χ3v) is 3.47. The predicted octanol–water partition coefficient (Wildman–Crippen LogP) is 3.30. The van der Waals surface area contributed by atoms with Crippen LogP contribution in [-0.4, -0.2) is 29.9 Å². The summed E-state index contributed by atoms with van der Waals surface area (Å²) in [6.45, 7) is 0. The minimum absolute atomic E-state index is 0.0174. The van der Waals surface area contributed by atoms with E-state index in [2.05, 4.69) is 4.98 Å². The van der Waals surface area contributed by atoms with Gasteiger partial charge in [-0.1, -0.05) is 11.6 Å². The van der Waals surface area contributed by atoms with Crippen LogP contribution < -0.4 is 0 Å². The summed E-state index contributed by atoms with van der Waals surface area (Å²) >= 11 is 6.98. The van der Waals surface area contributed by atoms with Crippen LogP contribution in [0, 0.1) is 5.82 Å². The number of thiazole rings is 1. The van der Waals surface area contributed by atoms with E-state index in [-0.39, 0.29) is 10.9 Å². The van der Waals surface area contributed by atoms with Crippen molar-refractivity contribution in [2.75, 3.05) is 14.1 Å². The predicted molar refractivity (Wildman–Crippen MR) is 70.5 cm³/mol. The second-order valence-corrected chi connectivity index (χ2v) is 5.12. The highest BCUT2D eigenvalue weighted by molar-refractivity contribution is 7.12. The molecule has 0 saturated heterocycles. The van der Waals surface area contributed by atoms with Gasteiger partial charge in [0.1, 0.15) is 10.7 Å². The molecule has 0 N–H and O–H groups in total. The Morgan fingerprint density at radius 2 is 2.17 bits per heavy atom. The molecule has 3 nitrogen and oxygen atoms in total. The van der Waals surface area contributed by atoms with Crippen molar-refractivity contribution in [2.45, 2.75) is 0 Å². The summed E-state index contributed by atoms with van der Waals surface area (Å²) in [5.74, 6) is -0.621. The zero-order chi connectivity index (χ0) is 13.3. The van der Waals surface area contributed by atoms with Gasteiger partial charge in [-0.25, -0.2) is 9.37 Å². The van der Waals surface area contributed by atoms with Crippen LogP contribution in [0.25, 0.3) is 11.3 Å². The third-order valence-electron chi connectivity index (χ3n) is 2.36. The first-order chi connectivity index (χ1) is 8.50. The van der Waals surface area contributed by atoms with Gasteiger partial charge in [0.15, 0.2) is 0 Å². The van der Waals surface area contributed by atoms with E-state index in [0.29, 0.717) is 16.1 Å². The minimum atomic E-state index is -0.490. The quantitative estimate of drug-likeness (QED) is 0.848. The zero-order valence-electron chi connectivity index (χ0n) is 9.78. The Balaban J connectivity index is 2.49. The second kappa shape index (κ2) is 5.04. The van der Waals surface area contributed by atoms with E-state index in [1.54, 1.807) is 25.7 Å².